The van der Waals surface area contributed by atoms with Crippen molar-refractivity contribution in [2.45, 2.75) is 12.5 Å². The van der Waals surface area contributed by atoms with Crippen LogP contribution in [0.2, 0.25) is 0 Å². The highest BCUT2D eigenvalue weighted by atomic mass is 32.1. The molecule has 0 fully saturated rings. The molecule has 2 aromatic heterocycles. The lowest BCUT2D eigenvalue weighted by atomic mass is 10.0. The number of nitrogens with zero attached hydrogens (tertiary/aromatic N) is 4. The quantitative estimate of drug-likeness (QED) is 0.797. The van der Waals surface area contributed by atoms with Gasteiger partial charge >= 0.3 is 0 Å². The second-order valence-corrected chi connectivity index (χ2v) is 5.69. The maximum absolute atomic E-state index is 5.11. The number of aromatic nitrogens is 4. The van der Waals surface area contributed by atoms with E-state index in [1.54, 1.807) is 23.0 Å². The number of hydrogen-bond donors (Lipinski definition) is 1. The zero-order valence-corrected chi connectivity index (χ0v) is 11.7. The fraction of sp³-hybridized carbons (Fsp3) is 0.308. The van der Waals surface area contributed by atoms with E-state index in [1.807, 2.05) is 6.07 Å². The van der Waals surface area contributed by atoms with E-state index in [2.05, 4.69) is 38.8 Å². The van der Waals surface area contributed by atoms with Gasteiger partial charge in [0.15, 0.2) is 5.82 Å². The van der Waals surface area contributed by atoms with E-state index in [4.69, 9.17) is 4.74 Å². The third-order valence-corrected chi connectivity index (χ3v) is 4.49. The van der Waals surface area contributed by atoms with E-state index in [0.717, 1.165) is 22.3 Å². The van der Waals surface area contributed by atoms with E-state index in [1.165, 1.54) is 11.3 Å². The predicted molar refractivity (Wildman–Crippen MR) is 76.1 cm³/mol. The molecule has 0 amide bonds. The van der Waals surface area contributed by atoms with E-state index >= 15 is 0 Å². The highest BCUT2D eigenvalue weighted by Gasteiger charge is 2.27. The average Bonchev–Trinajstić information content (AvgIpc) is 3.13. The van der Waals surface area contributed by atoms with Gasteiger partial charge in [0.05, 0.1) is 5.92 Å². The van der Waals surface area contributed by atoms with Crippen LogP contribution in [-0.2, 0) is 11.3 Å². The number of fused-ring (bicyclic) bond motifs is 2. The number of nitrogens with one attached hydrogen (secondary N) is 1. The second kappa shape index (κ2) is 4.53. The highest BCUT2D eigenvalue weighted by molar-refractivity contribution is 7.16. The van der Waals surface area contributed by atoms with Crippen LogP contribution >= 0.6 is 11.3 Å². The summed E-state index contributed by atoms with van der Waals surface area (Å²) >= 11 is 1.59. The molecule has 20 heavy (non-hydrogen) atoms. The molecular formula is C13H13N5OS. The standard InChI is InChI=1S/C13H13N5OS/c1-19-7-11-15-16-13-18(11)17-12(20-13)9-6-14-10-5-3-2-4-8(9)10/h2-5,9,14H,6-7H2,1H3. The van der Waals surface area contributed by atoms with Crippen LogP contribution in [0.15, 0.2) is 24.3 Å². The van der Waals surface area contributed by atoms with Crippen molar-refractivity contribution in [1.29, 1.82) is 0 Å². The van der Waals surface area contributed by atoms with Gasteiger partial charge in [0.2, 0.25) is 4.96 Å². The van der Waals surface area contributed by atoms with E-state index in [-0.39, 0.29) is 5.92 Å². The van der Waals surface area contributed by atoms with Gasteiger partial charge in [0, 0.05) is 19.3 Å². The summed E-state index contributed by atoms with van der Waals surface area (Å²) in [5.41, 5.74) is 2.49. The topological polar surface area (TPSA) is 64.3 Å². The molecule has 0 saturated carbocycles. The van der Waals surface area contributed by atoms with Gasteiger partial charge in [-0.3, -0.25) is 0 Å². The maximum atomic E-state index is 5.11. The largest absolute Gasteiger partial charge is 0.384 e. The summed E-state index contributed by atoms with van der Waals surface area (Å²) in [5.74, 6) is 1.03. The number of anilines is 1. The lowest BCUT2D eigenvalue weighted by molar-refractivity contribution is 0.176. The lowest BCUT2D eigenvalue weighted by Crippen LogP contribution is -2.05. The lowest BCUT2D eigenvalue weighted by Gasteiger charge is -2.04. The Hall–Kier alpha value is -1.99. The predicted octanol–water partition coefficient (Wildman–Crippen LogP) is 1.89. The molecule has 0 bridgehead atoms. The van der Waals surface area contributed by atoms with Gasteiger partial charge < -0.3 is 10.1 Å². The Morgan fingerprint density at radius 2 is 2.30 bits per heavy atom. The van der Waals surface area contributed by atoms with Gasteiger partial charge in [-0.1, -0.05) is 29.5 Å². The molecule has 0 saturated heterocycles. The molecule has 1 unspecified atom stereocenters. The Morgan fingerprint density at radius 1 is 1.40 bits per heavy atom. The molecule has 1 atom stereocenters. The van der Waals surface area contributed by atoms with Crippen LogP contribution in [0.5, 0.6) is 0 Å². The van der Waals surface area contributed by atoms with E-state index < -0.39 is 0 Å². The fourth-order valence-corrected chi connectivity index (χ4v) is 3.51. The third-order valence-electron chi connectivity index (χ3n) is 3.48. The van der Waals surface area contributed by atoms with Crippen LogP contribution in [0, 0.1) is 0 Å². The summed E-state index contributed by atoms with van der Waals surface area (Å²) in [4.78, 5) is 0.816. The van der Waals surface area contributed by atoms with Crippen molar-refractivity contribution < 1.29 is 4.74 Å². The molecule has 1 aromatic carbocycles. The van der Waals surface area contributed by atoms with Gasteiger partial charge in [0.25, 0.3) is 0 Å². The van der Waals surface area contributed by atoms with Crippen LogP contribution in [0.4, 0.5) is 5.69 Å². The molecule has 1 N–H and O–H groups in total. The van der Waals surface area contributed by atoms with Gasteiger partial charge in [-0.25, -0.2) is 0 Å². The Labute approximate surface area is 119 Å². The molecule has 3 heterocycles. The Balaban J connectivity index is 1.76. The Morgan fingerprint density at radius 3 is 3.20 bits per heavy atom. The Bertz CT molecular complexity index is 765. The molecule has 6 nitrogen and oxygen atoms in total. The van der Waals surface area contributed by atoms with Crippen LogP contribution in [0.25, 0.3) is 4.96 Å². The molecular weight excluding hydrogens is 274 g/mol. The fourth-order valence-electron chi connectivity index (χ4n) is 2.54. The minimum Gasteiger partial charge on any atom is -0.384 e. The van der Waals surface area contributed by atoms with Crippen LogP contribution < -0.4 is 5.32 Å². The SMILES string of the molecule is COCc1nnc2sc(C3CNc4ccccc43)nn12. The normalized spacial score (nSPS) is 17.4. The van der Waals surface area contributed by atoms with Gasteiger partial charge in [-0.2, -0.15) is 9.61 Å². The Kier molecular flexibility index (Phi) is 2.68. The molecule has 1 aliphatic heterocycles. The van der Waals surface area contributed by atoms with E-state index in [0.29, 0.717) is 6.61 Å². The smallest absolute Gasteiger partial charge is 0.234 e. The number of para-hydroxylation sites is 1. The van der Waals surface area contributed by atoms with Crippen molar-refractivity contribution in [1.82, 2.24) is 19.8 Å². The van der Waals surface area contributed by atoms with Crippen LogP contribution in [-0.4, -0.2) is 33.5 Å². The van der Waals surface area contributed by atoms with E-state index in [9.17, 15) is 0 Å². The van der Waals surface area contributed by atoms with Crippen molar-refractivity contribution in [2.75, 3.05) is 19.0 Å². The summed E-state index contributed by atoms with van der Waals surface area (Å²) in [5, 5.41) is 17.4. The molecule has 102 valence electrons. The van der Waals surface area contributed by atoms with Crippen LogP contribution in [0.3, 0.4) is 0 Å². The van der Waals surface area contributed by atoms with Gasteiger partial charge in [0.1, 0.15) is 11.6 Å². The highest BCUT2D eigenvalue weighted by Crippen LogP contribution is 2.37. The molecule has 0 radical (unpaired) electrons. The first-order valence-electron chi connectivity index (χ1n) is 6.39. The number of benzene rings is 1. The molecule has 7 heteroatoms. The van der Waals surface area contributed by atoms with Crippen molar-refractivity contribution >= 4 is 22.0 Å². The zero-order valence-electron chi connectivity index (χ0n) is 10.9. The first kappa shape index (κ1) is 11.8. The molecule has 4 rings (SSSR count). The summed E-state index contributed by atoms with van der Waals surface area (Å²) in [7, 11) is 1.64. The first-order chi connectivity index (χ1) is 9.86. The monoisotopic (exact) mass is 287 g/mol. The van der Waals surface area contributed by atoms with Crippen molar-refractivity contribution in [3.8, 4) is 0 Å². The number of ether oxygens (including phenoxy) is 1. The summed E-state index contributed by atoms with van der Waals surface area (Å²) in [6.45, 7) is 1.30. The summed E-state index contributed by atoms with van der Waals surface area (Å²) in [6.07, 6.45) is 0. The molecule has 0 spiro atoms. The summed E-state index contributed by atoms with van der Waals surface area (Å²) in [6, 6.07) is 8.36. The minimum absolute atomic E-state index is 0.285. The first-order valence-corrected chi connectivity index (χ1v) is 7.21. The zero-order chi connectivity index (χ0) is 13.5. The summed E-state index contributed by atoms with van der Waals surface area (Å²) < 4.78 is 6.90. The van der Waals surface area contributed by atoms with Crippen molar-refractivity contribution in [2.24, 2.45) is 0 Å². The maximum Gasteiger partial charge on any atom is 0.234 e. The van der Waals surface area contributed by atoms with Crippen LogP contribution in [0.1, 0.15) is 22.3 Å². The molecule has 3 aromatic rings. The minimum atomic E-state index is 0.285. The second-order valence-electron chi connectivity index (χ2n) is 4.70. The van der Waals surface area contributed by atoms with Gasteiger partial charge in [-0.05, 0) is 11.6 Å². The molecule has 1 aliphatic rings. The number of methoxy groups -OCH3 is 1. The number of hydrogen-bond acceptors (Lipinski definition) is 6. The number of rotatable bonds is 3. The van der Waals surface area contributed by atoms with Crippen molar-refractivity contribution in [3.05, 3.63) is 40.7 Å². The van der Waals surface area contributed by atoms with Gasteiger partial charge in [-0.15, -0.1) is 10.2 Å². The van der Waals surface area contributed by atoms with Crippen molar-refractivity contribution in [3.63, 3.8) is 0 Å². The molecule has 0 aliphatic carbocycles. The third kappa shape index (κ3) is 1.70. The average molecular weight is 287 g/mol.